The Balaban J connectivity index is 2.25. The lowest BCUT2D eigenvalue weighted by molar-refractivity contribution is 0.177. The molecule has 1 aromatic heterocycles. The van der Waals surface area contributed by atoms with Crippen molar-refractivity contribution in [2.24, 2.45) is 0 Å². The maximum Gasteiger partial charge on any atom is 0.160 e. The molecule has 0 aliphatic rings. The first-order chi connectivity index (χ1) is 6.75. The summed E-state index contributed by atoms with van der Waals surface area (Å²) in [5, 5.41) is 3.97. The molecule has 3 heteroatoms. The molecule has 0 radical (unpaired) electrons. The third kappa shape index (κ3) is 1.76. The molecule has 2 aromatic rings. The van der Waals surface area contributed by atoms with E-state index in [0.29, 0.717) is 0 Å². The van der Waals surface area contributed by atoms with Gasteiger partial charge in [-0.15, -0.1) is 9.94 Å². The van der Waals surface area contributed by atoms with E-state index in [1.54, 1.807) is 12.4 Å². The quantitative estimate of drug-likeness (QED) is 0.723. The predicted octanol–water partition coefficient (Wildman–Crippen LogP) is 2.34. The van der Waals surface area contributed by atoms with Gasteiger partial charge in [0.15, 0.2) is 5.75 Å². The van der Waals surface area contributed by atoms with Gasteiger partial charge in [-0.1, -0.05) is 17.7 Å². The van der Waals surface area contributed by atoms with E-state index in [4.69, 9.17) is 4.84 Å². The highest BCUT2D eigenvalue weighted by Gasteiger charge is 2.00. The third-order valence-corrected chi connectivity index (χ3v) is 2.00. The summed E-state index contributed by atoms with van der Waals surface area (Å²) >= 11 is 0. The summed E-state index contributed by atoms with van der Waals surface area (Å²) in [4.78, 5) is 6.95. The average Bonchev–Trinajstić information content (AvgIpc) is 2.62. The Hall–Kier alpha value is -1.77. The van der Waals surface area contributed by atoms with Crippen molar-refractivity contribution in [3.63, 3.8) is 0 Å². The lowest BCUT2D eigenvalue weighted by Gasteiger charge is -2.07. The molecule has 1 heterocycles. The number of aryl methyl sites for hydroxylation is 2. The van der Waals surface area contributed by atoms with E-state index in [0.717, 1.165) is 11.3 Å². The van der Waals surface area contributed by atoms with Gasteiger partial charge in [0.1, 0.15) is 0 Å². The van der Waals surface area contributed by atoms with Crippen LogP contribution >= 0.6 is 0 Å². The van der Waals surface area contributed by atoms with Crippen molar-refractivity contribution in [1.29, 1.82) is 0 Å². The van der Waals surface area contributed by atoms with Crippen molar-refractivity contribution >= 4 is 0 Å². The van der Waals surface area contributed by atoms with E-state index in [1.165, 1.54) is 10.4 Å². The molecule has 0 saturated carbocycles. The summed E-state index contributed by atoms with van der Waals surface area (Å²) < 4.78 is 0. The zero-order valence-electron chi connectivity index (χ0n) is 8.27. The van der Waals surface area contributed by atoms with Gasteiger partial charge in [-0.05, 0) is 31.5 Å². The summed E-state index contributed by atoms with van der Waals surface area (Å²) in [5.74, 6) is 0.833. The van der Waals surface area contributed by atoms with Crippen LogP contribution in [0.5, 0.6) is 5.75 Å². The third-order valence-electron chi connectivity index (χ3n) is 2.00. The molecular weight excluding hydrogens is 176 g/mol. The van der Waals surface area contributed by atoms with Crippen molar-refractivity contribution in [3.8, 4) is 5.75 Å². The number of nitrogens with zero attached hydrogens (tertiary/aromatic N) is 2. The number of hydrogen-bond donors (Lipinski definition) is 0. The van der Waals surface area contributed by atoms with Crippen LogP contribution < -0.4 is 4.84 Å². The number of aromatic nitrogens is 2. The minimum Gasteiger partial charge on any atom is -0.358 e. The summed E-state index contributed by atoms with van der Waals surface area (Å²) in [7, 11) is 0. The van der Waals surface area contributed by atoms with Gasteiger partial charge in [-0.2, -0.15) is 0 Å². The van der Waals surface area contributed by atoms with Crippen molar-refractivity contribution in [2.45, 2.75) is 13.8 Å². The molecule has 14 heavy (non-hydrogen) atoms. The van der Waals surface area contributed by atoms with Crippen LogP contribution in [0.2, 0.25) is 0 Å². The molecule has 0 atom stereocenters. The molecule has 0 unspecified atom stereocenters. The van der Waals surface area contributed by atoms with Gasteiger partial charge in [-0.25, -0.2) is 0 Å². The van der Waals surface area contributed by atoms with Crippen LogP contribution in [0.1, 0.15) is 11.1 Å². The van der Waals surface area contributed by atoms with Crippen molar-refractivity contribution in [2.75, 3.05) is 0 Å². The molecule has 1 aromatic carbocycles. The normalized spacial score (nSPS) is 10.1. The number of rotatable bonds is 2. The second kappa shape index (κ2) is 3.54. The van der Waals surface area contributed by atoms with Crippen LogP contribution in [0.25, 0.3) is 0 Å². The molecule has 72 valence electrons. The zero-order valence-corrected chi connectivity index (χ0v) is 8.27. The van der Waals surface area contributed by atoms with E-state index in [-0.39, 0.29) is 0 Å². The monoisotopic (exact) mass is 188 g/mol. The van der Waals surface area contributed by atoms with Gasteiger partial charge >= 0.3 is 0 Å². The van der Waals surface area contributed by atoms with Gasteiger partial charge in [0.2, 0.25) is 0 Å². The highest BCUT2D eigenvalue weighted by molar-refractivity contribution is 5.35. The first-order valence-corrected chi connectivity index (χ1v) is 4.51. The molecule has 0 amide bonds. The fourth-order valence-corrected chi connectivity index (χ4v) is 1.31. The highest BCUT2D eigenvalue weighted by atomic mass is 16.7. The number of benzene rings is 1. The largest absolute Gasteiger partial charge is 0.358 e. The van der Waals surface area contributed by atoms with Gasteiger partial charge in [0, 0.05) is 0 Å². The Morgan fingerprint density at radius 1 is 1.29 bits per heavy atom. The van der Waals surface area contributed by atoms with E-state index < -0.39 is 0 Å². The molecule has 0 bridgehead atoms. The van der Waals surface area contributed by atoms with Crippen LogP contribution in [0.3, 0.4) is 0 Å². The van der Waals surface area contributed by atoms with Crippen LogP contribution in [-0.4, -0.2) is 9.94 Å². The summed E-state index contributed by atoms with van der Waals surface area (Å²) in [5.41, 5.74) is 2.34. The van der Waals surface area contributed by atoms with Crippen molar-refractivity contribution in [3.05, 3.63) is 47.8 Å². The maximum absolute atomic E-state index is 5.51. The Bertz CT molecular complexity index is 421. The van der Waals surface area contributed by atoms with Crippen LogP contribution in [0.15, 0.2) is 36.7 Å². The fraction of sp³-hybridized carbons (Fsp3) is 0.182. The Labute approximate surface area is 82.9 Å². The summed E-state index contributed by atoms with van der Waals surface area (Å²) in [6.07, 6.45) is 3.45. The molecular formula is C11H12N2O. The fourth-order valence-electron chi connectivity index (χ4n) is 1.31. The van der Waals surface area contributed by atoms with E-state index >= 15 is 0 Å². The average molecular weight is 188 g/mol. The molecule has 3 nitrogen and oxygen atoms in total. The first kappa shape index (κ1) is 8.81. The van der Waals surface area contributed by atoms with Crippen molar-refractivity contribution < 1.29 is 4.84 Å². The topological polar surface area (TPSA) is 27.1 Å². The van der Waals surface area contributed by atoms with E-state index in [9.17, 15) is 0 Å². The molecule has 0 N–H and O–H groups in total. The highest BCUT2D eigenvalue weighted by Crippen LogP contribution is 2.18. The first-order valence-electron chi connectivity index (χ1n) is 4.51. The van der Waals surface area contributed by atoms with Gasteiger partial charge in [-0.3, -0.25) is 0 Å². The summed E-state index contributed by atoms with van der Waals surface area (Å²) in [6, 6.07) is 7.88. The molecule has 0 aliphatic carbocycles. The standard InChI is InChI=1S/C11H12N2O/c1-9-4-5-11(10(2)8-9)14-13-7-3-6-12-13/h3-8H,1-2H3. The Morgan fingerprint density at radius 3 is 2.79 bits per heavy atom. The van der Waals surface area contributed by atoms with E-state index in [1.807, 2.05) is 25.1 Å². The Kier molecular flexibility index (Phi) is 2.23. The minimum atomic E-state index is 0.833. The molecule has 0 fully saturated rings. The Morgan fingerprint density at radius 2 is 2.14 bits per heavy atom. The smallest absolute Gasteiger partial charge is 0.160 e. The molecule has 0 saturated heterocycles. The van der Waals surface area contributed by atoms with Crippen LogP contribution in [-0.2, 0) is 0 Å². The minimum absolute atomic E-state index is 0.833. The molecule has 0 spiro atoms. The van der Waals surface area contributed by atoms with Gasteiger partial charge < -0.3 is 4.84 Å². The zero-order chi connectivity index (χ0) is 9.97. The van der Waals surface area contributed by atoms with E-state index in [2.05, 4.69) is 18.1 Å². The maximum atomic E-state index is 5.51. The van der Waals surface area contributed by atoms with Crippen LogP contribution in [0, 0.1) is 13.8 Å². The second-order valence-electron chi connectivity index (χ2n) is 3.27. The predicted molar refractivity (Wildman–Crippen MR) is 54.2 cm³/mol. The SMILES string of the molecule is Cc1ccc(On2cccn2)c(C)c1. The number of hydrogen-bond acceptors (Lipinski definition) is 2. The molecule has 0 aliphatic heterocycles. The second-order valence-corrected chi connectivity index (χ2v) is 3.27. The lowest BCUT2D eigenvalue weighted by atomic mass is 10.1. The molecule has 2 rings (SSSR count). The van der Waals surface area contributed by atoms with Crippen LogP contribution in [0.4, 0.5) is 0 Å². The summed E-state index contributed by atoms with van der Waals surface area (Å²) in [6.45, 7) is 4.08. The van der Waals surface area contributed by atoms with Gasteiger partial charge in [0.05, 0.1) is 12.4 Å². The van der Waals surface area contributed by atoms with Gasteiger partial charge in [0.25, 0.3) is 0 Å². The van der Waals surface area contributed by atoms with Crippen molar-refractivity contribution in [1.82, 2.24) is 9.94 Å². The lowest BCUT2D eigenvalue weighted by Crippen LogP contribution is -2.06.